The summed E-state index contributed by atoms with van der Waals surface area (Å²) in [6.07, 6.45) is 0.653. The van der Waals surface area contributed by atoms with Gasteiger partial charge < -0.3 is 4.90 Å². The molecule has 2 rings (SSSR count). The molecule has 0 saturated carbocycles. The lowest BCUT2D eigenvalue weighted by Crippen LogP contribution is -2.26. The third kappa shape index (κ3) is 2.58. The summed E-state index contributed by atoms with van der Waals surface area (Å²) in [4.78, 5) is 14.0. The highest BCUT2D eigenvalue weighted by molar-refractivity contribution is 9.10. The van der Waals surface area contributed by atoms with E-state index < -0.39 is 0 Å². The van der Waals surface area contributed by atoms with E-state index in [1.807, 2.05) is 4.90 Å². The number of carbonyl (C=O) groups is 1. The number of benzene rings is 1. The van der Waals surface area contributed by atoms with Crippen molar-refractivity contribution in [1.82, 2.24) is 0 Å². The molecule has 0 aromatic heterocycles. The topological polar surface area (TPSA) is 20.3 Å². The number of nitrogens with zero attached hydrogens (tertiary/aromatic N) is 1. The van der Waals surface area contributed by atoms with Crippen molar-refractivity contribution in [3.63, 3.8) is 0 Å². The Kier molecular flexibility index (Phi) is 3.93. The van der Waals surface area contributed by atoms with E-state index in [0.717, 1.165) is 33.2 Å². The number of anilines is 1. The van der Waals surface area contributed by atoms with Gasteiger partial charge in [0.1, 0.15) is 0 Å². The van der Waals surface area contributed by atoms with Crippen LogP contribution in [0.1, 0.15) is 17.5 Å². The molecule has 4 heteroatoms. The largest absolute Gasteiger partial charge is 0.312 e. The van der Waals surface area contributed by atoms with Crippen molar-refractivity contribution in [2.45, 2.75) is 20.3 Å². The fraction of sp³-hybridized carbons (Fsp3) is 0.462. The molecule has 1 unspecified atom stereocenters. The number of alkyl halides is 1. The van der Waals surface area contributed by atoms with Gasteiger partial charge in [0, 0.05) is 28.5 Å². The average molecular weight is 361 g/mol. The summed E-state index contributed by atoms with van der Waals surface area (Å²) in [6, 6.07) is 4.13. The van der Waals surface area contributed by atoms with Crippen LogP contribution in [0.15, 0.2) is 16.6 Å². The maximum absolute atomic E-state index is 12.0. The van der Waals surface area contributed by atoms with Crippen LogP contribution in [0.25, 0.3) is 0 Å². The van der Waals surface area contributed by atoms with Gasteiger partial charge in [-0.1, -0.05) is 31.9 Å². The monoisotopic (exact) mass is 359 g/mol. The van der Waals surface area contributed by atoms with Crippen LogP contribution in [0.3, 0.4) is 0 Å². The second-order valence-corrected chi connectivity index (χ2v) is 6.18. The number of halogens is 2. The minimum Gasteiger partial charge on any atom is -0.312 e. The lowest BCUT2D eigenvalue weighted by atomic mass is 10.1. The first-order chi connectivity index (χ1) is 8.02. The summed E-state index contributed by atoms with van der Waals surface area (Å²) in [5, 5.41) is 0.893. The molecule has 1 aromatic carbocycles. The smallest absolute Gasteiger partial charge is 0.227 e. The van der Waals surface area contributed by atoms with Crippen molar-refractivity contribution in [3.05, 3.63) is 27.7 Å². The molecule has 17 heavy (non-hydrogen) atoms. The third-order valence-electron chi connectivity index (χ3n) is 3.15. The second-order valence-electron chi connectivity index (χ2n) is 4.62. The first-order valence-electron chi connectivity index (χ1n) is 5.66. The zero-order valence-corrected chi connectivity index (χ0v) is 13.1. The zero-order chi connectivity index (χ0) is 12.6. The van der Waals surface area contributed by atoms with E-state index in [-0.39, 0.29) is 5.91 Å². The van der Waals surface area contributed by atoms with Crippen molar-refractivity contribution in [3.8, 4) is 0 Å². The predicted octanol–water partition coefficient (Wildman–Crippen LogP) is 3.81. The molecule has 1 heterocycles. The van der Waals surface area contributed by atoms with Crippen LogP contribution in [-0.4, -0.2) is 17.8 Å². The van der Waals surface area contributed by atoms with Crippen LogP contribution < -0.4 is 4.90 Å². The SMILES string of the molecule is Cc1cc(Br)cc(C)c1N1CC(CBr)CC1=O. The van der Waals surface area contributed by atoms with Crippen molar-refractivity contribution < 1.29 is 4.79 Å². The Morgan fingerprint density at radius 1 is 1.35 bits per heavy atom. The molecule has 1 atom stereocenters. The highest BCUT2D eigenvalue weighted by Crippen LogP contribution is 2.33. The molecule has 2 nitrogen and oxygen atoms in total. The minimum atomic E-state index is 0.239. The maximum atomic E-state index is 12.0. The molecule has 1 aromatic rings. The first-order valence-corrected chi connectivity index (χ1v) is 7.57. The van der Waals surface area contributed by atoms with E-state index in [2.05, 4.69) is 57.8 Å². The van der Waals surface area contributed by atoms with Gasteiger partial charge in [-0.15, -0.1) is 0 Å². The van der Waals surface area contributed by atoms with Crippen LogP contribution >= 0.6 is 31.9 Å². The van der Waals surface area contributed by atoms with Crippen LogP contribution in [0, 0.1) is 19.8 Å². The predicted molar refractivity (Wildman–Crippen MR) is 77.9 cm³/mol. The number of aryl methyl sites for hydroxylation is 2. The first kappa shape index (κ1) is 13.1. The maximum Gasteiger partial charge on any atom is 0.227 e. The van der Waals surface area contributed by atoms with Crippen molar-refractivity contribution >= 4 is 43.5 Å². The number of hydrogen-bond donors (Lipinski definition) is 0. The molecule has 1 aliphatic rings. The fourth-order valence-corrected chi connectivity index (χ4v) is 3.55. The molecule has 92 valence electrons. The number of rotatable bonds is 2. The van der Waals surface area contributed by atoms with Gasteiger partial charge in [0.05, 0.1) is 0 Å². The molecular formula is C13H15Br2NO. The Bertz CT molecular complexity index is 436. The summed E-state index contributed by atoms with van der Waals surface area (Å²) in [7, 11) is 0. The van der Waals surface area contributed by atoms with E-state index in [9.17, 15) is 4.79 Å². The lowest BCUT2D eigenvalue weighted by molar-refractivity contribution is -0.117. The Labute approximate surface area is 119 Å². The lowest BCUT2D eigenvalue weighted by Gasteiger charge is -2.21. The Morgan fingerprint density at radius 2 is 1.94 bits per heavy atom. The van der Waals surface area contributed by atoms with Gasteiger partial charge in [-0.3, -0.25) is 4.79 Å². The highest BCUT2D eigenvalue weighted by atomic mass is 79.9. The summed E-state index contributed by atoms with van der Waals surface area (Å²) in [5.74, 6) is 0.674. The van der Waals surface area contributed by atoms with Gasteiger partial charge in [0.25, 0.3) is 0 Å². The molecule has 0 N–H and O–H groups in total. The van der Waals surface area contributed by atoms with E-state index in [1.54, 1.807) is 0 Å². The van der Waals surface area contributed by atoms with Gasteiger partial charge in [-0.05, 0) is 43.0 Å². The standard InChI is InChI=1S/C13H15Br2NO/c1-8-3-11(15)4-9(2)13(8)16-7-10(6-14)5-12(16)17/h3-4,10H,5-7H2,1-2H3. The van der Waals surface area contributed by atoms with Crippen LogP contribution in [0.4, 0.5) is 5.69 Å². The fourth-order valence-electron chi connectivity index (χ4n) is 2.43. The van der Waals surface area contributed by atoms with Crippen LogP contribution in [-0.2, 0) is 4.79 Å². The molecule has 0 spiro atoms. The van der Waals surface area contributed by atoms with Gasteiger partial charge in [-0.25, -0.2) is 0 Å². The van der Waals surface area contributed by atoms with Gasteiger partial charge >= 0.3 is 0 Å². The van der Waals surface area contributed by atoms with Crippen molar-refractivity contribution in [2.75, 3.05) is 16.8 Å². The normalized spacial score (nSPS) is 20.1. The van der Waals surface area contributed by atoms with E-state index in [0.29, 0.717) is 12.3 Å². The van der Waals surface area contributed by atoms with Crippen molar-refractivity contribution in [1.29, 1.82) is 0 Å². The molecule has 0 bridgehead atoms. The number of carbonyl (C=O) groups excluding carboxylic acids is 1. The molecule has 1 fully saturated rings. The zero-order valence-electron chi connectivity index (χ0n) is 9.96. The average Bonchev–Trinajstić information content (AvgIpc) is 2.59. The molecular weight excluding hydrogens is 346 g/mol. The third-order valence-corrected chi connectivity index (χ3v) is 4.52. The van der Waals surface area contributed by atoms with Crippen LogP contribution in [0.2, 0.25) is 0 Å². The minimum absolute atomic E-state index is 0.239. The Morgan fingerprint density at radius 3 is 2.41 bits per heavy atom. The molecule has 1 saturated heterocycles. The summed E-state index contributed by atoms with van der Waals surface area (Å²) >= 11 is 6.95. The van der Waals surface area contributed by atoms with Gasteiger partial charge in [0.15, 0.2) is 0 Å². The van der Waals surface area contributed by atoms with Gasteiger partial charge in [0.2, 0.25) is 5.91 Å². The molecule has 0 aliphatic carbocycles. The summed E-state index contributed by atoms with van der Waals surface area (Å²) < 4.78 is 1.07. The van der Waals surface area contributed by atoms with Gasteiger partial charge in [-0.2, -0.15) is 0 Å². The summed E-state index contributed by atoms with van der Waals surface area (Å²) in [6.45, 7) is 4.94. The molecule has 1 amide bonds. The highest BCUT2D eigenvalue weighted by Gasteiger charge is 2.31. The second kappa shape index (κ2) is 5.11. The number of hydrogen-bond acceptors (Lipinski definition) is 1. The molecule has 1 aliphatic heterocycles. The van der Waals surface area contributed by atoms with E-state index >= 15 is 0 Å². The molecule has 0 radical (unpaired) electrons. The van der Waals surface area contributed by atoms with Crippen LogP contribution in [0.5, 0.6) is 0 Å². The number of amides is 1. The Hall–Kier alpha value is -0.350. The summed E-state index contributed by atoms with van der Waals surface area (Å²) in [5.41, 5.74) is 3.39. The Balaban J connectivity index is 2.38. The van der Waals surface area contributed by atoms with E-state index in [1.165, 1.54) is 0 Å². The quantitative estimate of drug-likeness (QED) is 0.734. The van der Waals surface area contributed by atoms with Crippen molar-refractivity contribution in [2.24, 2.45) is 5.92 Å². The van der Waals surface area contributed by atoms with E-state index in [4.69, 9.17) is 0 Å².